The molecule has 0 aliphatic heterocycles. The van der Waals surface area contributed by atoms with Gasteiger partial charge in [-0.3, -0.25) is 6.08 Å². The second-order valence-corrected chi connectivity index (χ2v) is 14.3. The van der Waals surface area contributed by atoms with Crippen LogP contribution >= 0.6 is 0 Å². The Kier molecular flexibility index (Phi) is 9.95. The Morgan fingerprint density at radius 1 is 0.615 bits per heavy atom. The molecule has 0 spiro atoms. The standard InChI is InChI=1S/C21H21.C10H14.C5H5.2ClH.Zr/c1-2-8-15-14(7-1)13-20-18-11-4-3-9-16(18)17-10-5-6-12-19(17)21(15)20;1-7-2-9-4-8(1)5-10(3-7)6-9;1-2-4-5-3-1;;;/h1-21H;7-10H,1-5H2;1-3H,4H2;2*1H;/q-1;;-1;;;+2/p-2. The van der Waals surface area contributed by atoms with Gasteiger partial charge in [0.15, 0.2) is 0 Å². The van der Waals surface area contributed by atoms with Crippen LogP contribution < -0.4 is 24.8 Å². The van der Waals surface area contributed by atoms with E-state index in [1.54, 1.807) is 56.3 Å². The second kappa shape index (κ2) is 13.0. The van der Waals surface area contributed by atoms with Crippen molar-refractivity contribution in [1.82, 2.24) is 0 Å². The molecule has 8 unspecified atom stereocenters. The average molecular weight is 635 g/mol. The number of halogens is 2. The van der Waals surface area contributed by atoms with E-state index < -0.39 is 0 Å². The Balaban J connectivity index is 0.000000143. The predicted octanol–water partition coefficient (Wildman–Crippen LogP) is 2.00. The zero-order valence-electron chi connectivity index (χ0n) is 22.7. The van der Waals surface area contributed by atoms with Crippen LogP contribution in [0.3, 0.4) is 0 Å². The van der Waals surface area contributed by atoms with E-state index in [1.165, 1.54) is 0 Å². The molecule has 4 bridgehead atoms. The zero-order valence-corrected chi connectivity index (χ0v) is 26.6. The number of rotatable bonds is 0. The monoisotopic (exact) mass is 632 g/mol. The van der Waals surface area contributed by atoms with Crippen molar-refractivity contribution in [2.24, 2.45) is 71.0 Å². The second-order valence-electron chi connectivity index (χ2n) is 12.9. The van der Waals surface area contributed by atoms with Gasteiger partial charge in [0, 0.05) is 0 Å². The molecule has 0 aromatic heterocycles. The molecule has 0 aromatic rings. The minimum absolute atomic E-state index is 0. The number of allylic oxidation sites excluding steroid dienone is 16. The van der Waals surface area contributed by atoms with Crippen molar-refractivity contribution in [3.05, 3.63) is 104 Å². The van der Waals surface area contributed by atoms with Gasteiger partial charge < -0.3 is 31.2 Å². The molecule has 10 rings (SSSR count). The molecular formula is C36H40Cl2Zr-2. The van der Waals surface area contributed by atoms with Crippen LogP contribution in [0.25, 0.3) is 0 Å². The molecule has 3 heteroatoms. The molecule has 0 aromatic carbocycles. The maximum atomic E-state index is 2.99. The molecular weight excluding hydrogens is 595 g/mol. The summed E-state index contributed by atoms with van der Waals surface area (Å²) in [5, 5.41) is 0. The molecule has 0 heterocycles. The molecule has 10 aliphatic rings. The Morgan fingerprint density at radius 3 is 1.72 bits per heavy atom. The topological polar surface area (TPSA) is 0 Å². The van der Waals surface area contributed by atoms with E-state index in [1.807, 2.05) is 15.4 Å². The summed E-state index contributed by atoms with van der Waals surface area (Å²) < 4.78 is 1.96. The predicted molar refractivity (Wildman–Crippen MR) is 151 cm³/mol. The molecule has 0 radical (unpaired) electrons. The van der Waals surface area contributed by atoms with Crippen molar-refractivity contribution in [3.8, 4) is 0 Å². The van der Waals surface area contributed by atoms with Crippen LogP contribution in [0.2, 0.25) is 0 Å². The van der Waals surface area contributed by atoms with E-state index in [9.17, 15) is 0 Å². The quantitative estimate of drug-likeness (QED) is 0.358. The summed E-state index contributed by atoms with van der Waals surface area (Å²) in [4.78, 5) is 0. The van der Waals surface area contributed by atoms with Gasteiger partial charge in [0.1, 0.15) is 0 Å². The normalized spacial score (nSPS) is 45.1. The van der Waals surface area contributed by atoms with Crippen LogP contribution in [0, 0.1) is 83.5 Å². The molecule has 10 aliphatic carbocycles. The molecule has 0 saturated heterocycles. The fourth-order valence-corrected chi connectivity index (χ4v) is 10.8. The van der Waals surface area contributed by atoms with E-state index in [-0.39, 0.29) is 24.8 Å². The first-order valence-electron chi connectivity index (χ1n) is 15.0. The Morgan fingerprint density at radius 2 is 1.15 bits per heavy atom. The van der Waals surface area contributed by atoms with Crippen molar-refractivity contribution in [1.29, 1.82) is 0 Å². The first-order chi connectivity index (χ1) is 18.3. The van der Waals surface area contributed by atoms with E-state index in [4.69, 9.17) is 0 Å². The van der Waals surface area contributed by atoms with Crippen LogP contribution in [-0.2, 0) is 24.2 Å². The van der Waals surface area contributed by atoms with Crippen LogP contribution in [0.1, 0.15) is 38.5 Å². The molecule has 6 saturated carbocycles. The third kappa shape index (κ3) is 5.81. The van der Waals surface area contributed by atoms with E-state index in [0.29, 0.717) is 35.5 Å². The van der Waals surface area contributed by atoms with Gasteiger partial charge in [-0.1, -0.05) is 72.8 Å². The van der Waals surface area contributed by atoms with Gasteiger partial charge in [-0.05, 0) is 29.6 Å². The van der Waals surface area contributed by atoms with Crippen LogP contribution in [0.15, 0.2) is 91.1 Å². The molecule has 6 fully saturated rings. The Bertz CT molecular complexity index is 1090. The summed E-state index contributed by atoms with van der Waals surface area (Å²) in [5.74, 6) is 10.2. The van der Waals surface area contributed by atoms with Crippen molar-refractivity contribution in [2.45, 2.75) is 38.5 Å². The molecule has 0 amide bonds. The SMILES string of the molecule is C1=CC2[CH-]C3C4C=CC=CC4C4C=CC=CC4C3C2C=C1.[C-]1=CC=CC1.[Cl-].[Cl-].[Zr+2]=[C]1C2CC3CC(C2)CC1C3. The van der Waals surface area contributed by atoms with Crippen LogP contribution in [0.5, 0.6) is 0 Å². The Hall–Kier alpha value is -0.747. The fourth-order valence-electron chi connectivity index (χ4n) is 9.61. The van der Waals surface area contributed by atoms with Gasteiger partial charge >= 0.3 is 83.2 Å². The minimum atomic E-state index is 0. The summed E-state index contributed by atoms with van der Waals surface area (Å²) >= 11 is 1.76. The van der Waals surface area contributed by atoms with Gasteiger partial charge in [0.2, 0.25) is 0 Å². The van der Waals surface area contributed by atoms with Crippen LogP contribution in [0.4, 0.5) is 0 Å². The molecule has 204 valence electrons. The van der Waals surface area contributed by atoms with E-state index >= 15 is 0 Å². The summed E-state index contributed by atoms with van der Waals surface area (Å²) in [6, 6.07) is 0. The zero-order chi connectivity index (χ0) is 24.8. The first kappa shape index (κ1) is 29.7. The first-order valence-corrected chi connectivity index (χ1v) is 16.2. The van der Waals surface area contributed by atoms with Crippen LogP contribution in [-0.4, -0.2) is 3.21 Å². The maximum absolute atomic E-state index is 2.99. The molecule has 0 N–H and O–H groups in total. The van der Waals surface area contributed by atoms with Crippen molar-refractivity contribution in [2.75, 3.05) is 0 Å². The molecule has 8 atom stereocenters. The number of fused-ring (bicyclic) bond motifs is 8. The number of hydrogen-bond acceptors (Lipinski definition) is 0. The summed E-state index contributed by atoms with van der Waals surface area (Å²) in [6.07, 6.45) is 48.9. The molecule has 39 heavy (non-hydrogen) atoms. The van der Waals surface area contributed by atoms with Gasteiger partial charge in [0.05, 0.1) is 0 Å². The van der Waals surface area contributed by atoms with Gasteiger partial charge in [-0.15, -0.1) is 18.4 Å². The fraction of sp³-hybridized carbons (Fsp3) is 0.500. The Labute approximate surface area is 263 Å². The van der Waals surface area contributed by atoms with E-state index in [0.717, 1.165) is 41.9 Å². The molecule has 0 nitrogen and oxygen atoms in total. The average Bonchev–Trinajstić information content (AvgIpc) is 3.64. The third-order valence-electron chi connectivity index (χ3n) is 10.9. The van der Waals surface area contributed by atoms with Crippen molar-refractivity contribution < 1.29 is 49.0 Å². The third-order valence-corrected chi connectivity index (χ3v) is 12.9. The van der Waals surface area contributed by atoms with Gasteiger partial charge in [-0.2, -0.15) is 12.0 Å². The summed E-state index contributed by atoms with van der Waals surface area (Å²) in [7, 11) is 0. The number of hydrogen-bond donors (Lipinski definition) is 0. The summed E-state index contributed by atoms with van der Waals surface area (Å²) in [5.41, 5.74) is 0. The summed E-state index contributed by atoms with van der Waals surface area (Å²) in [6.45, 7) is 0. The van der Waals surface area contributed by atoms with Crippen molar-refractivity contribution in [3.63, 3.8) is 0 Å². The van der Waals surface area contributed by atoms with Gasteiger partial charge in [-0.25, -0.2) is 12.2 Å². The van der Waals surface area contributed by atoms with Gasteiger partial charge in [0.25, 0.3) is 0 Å². The van der Waals surface area contributed by atoms with Crippen molar-refractivity contribution >= 4 is 3.21 Å². The van der Waals surface area contributed by atoms with E-state index in [2.05, 4.69) is 91.5 Å².